The molecule has 9 heteroatoms. The van der Waals surface area contributed by atoms with E-state index < -0.39 is 32.5 Å². The lowest BCUT2D eigenvalue weighted by Crippen LogP contribution is -2.16. The molecule has 5 nitrogen and oxygen atoms in total. The van der Waals surface area contributed by atoms with Crippen LogP contribution in [0.1, 0.15) is 0 Å². The van der Waals surface area contributed by atoms with E-state index in [1.807, 2.05) is 4.72 Å². The summed E-state index contributed by atoms with van der Waals surface area (Å²) in [6.45, 7) is 0. The molecule has 106 valence electrons. The molecule has 0 aliphatic rings. The van der Waals surface area contributed by atoms with Gasteiger partial charge in [0.15, 0.2) is 11.6 Å². The van der Waals surface area contributed by atoms with Gasteiger partial charge in [0.1, 0.15) is 4.90 Å². The molecule has 0 saturated carbocycles. The van der Waals surface area contributed by atoms with Gasteiger partial charge in [-0.3, -0.25) is 4.72 Å². The van der Waals surface area contributed by atoms with Crippen LogP contribution in [0.5, 0.6) is 0 Å². The first kappa shape index (κ1) is 14.1. The Morgan fingerprint density at radius 3 is 2.45 bits per heavy atom. The number of rotatable bonds is 3. The predicted molar refractivity (Wildman–Crippen MR) is 65.8 cm³/mol. The lowest BCUT2D eigenvalue weighted by atomic mass is 10.3. The second-order valence-corrected chi connectivity index (χ2v) is 5.44. The Hall–Kier alpha value is -2.29. The van der Waals surface area contributed by atoms with E-state index in [9.17, 15) is 21.6 Å². The van der Waals surface area contributed by atoms with Crippen molar-refractivity contribution < 1.29 is 21.6 Å². The van der Waals surface area contributed by atoms with Crippen LogP contribution in [0.25, 0.3) is 0 Å². The van der Waals surface area contributed by atoms with E-state index in [0.29, 0.717) is 6.07 Å². The molecule has 1 aromatic heterocycles. The number of hydrogen-bond acceptors (Lipinski definition) is 4. The van der Waals surface area contributed by atoms with Gasteiger partial charge in [-0.15, -0.1) is 0 Å². The van der Waals surface area contributed by atoms with Crippen molar-refractivity contribution in [3.05, 3.63) is 48.0 Å². The molecule has 1 aromatic carbocycles. The van der Waals surface area contributed by atoms with Crippen LogP contribution in [0.15, 0.2) is 35.4 Å². The minimum Gasteiger partial charge on any atom is -0.399 e. The second kappa shape index (κ2) is 5.00. The molecule has 0 radical (unpaired) electrons. The number of hydrogen-bond donors (Lipinski definition) is 2. The molecule has 0 saturated heterocycles. The maximum atomic E-state index is 13.5. The summed E-state index contributed by atoms with van der Waals surface area (Å²) in [5.41, 5.74) is 4.93. The van der Waals surface area contributed by atoms with Crippen LogP contribution in [-0.4, -0.2) is 13.4 Å². The van der Waals surface area contributed by atoms with Crippen molar-refractivity contribution in [2.45, 2.75) is 4.90 Å². The Balaban J connectivity index is 2.43. The largest absolute Gasteiger partial charge is 0.399 e. The van der Waals surface area contributed by atoms with Gasteiger partial charge in [0.05, 0.1) is 11.9 Å². The van der Waals surface area contributed by atoms with E-state index in [1.165, 1.54) is 0 Å². The highest BCUT2D eigenvalue weighted by atomic mass is 32.2. The van der Waals surface area contributed by atoms with E-state index in [-0.39, 0.29) is 11.4 Å². The quantitative estimate of drug-likeness (QED) is 0.669. The second-order valence-electron chi connectivity index (χ2n) is 3.79. The summed E-state index contributed by atoms with van der Waals surface area (Å²) in [5.74, 6) is -3.75. The molecule has 0 spiro atoms. The van der Waals surface area contributed by atoms with Crippen LogP contribution >= 0.6 is 0 Å². The van der Waals surface area contributed by atoms with Gasteiger partial charge in [-0.2, -0.15) is 4.39 Å². The van der Waals surface area contributed by atoms with E-state index in [4.69, 9.17) is 5.73 Å². The predicted octanol–water partition coefficient (Wildman–Crippen LogP) is 1.88. The summed E-state index contributed by atoms with van der Waals surface area (Å²) in [5, 5.41) is 0. The molecule has 1 heterocycles. The van der Waals surface area contributed by atoms with Crippen LogP contribution in [0.3, 0.4) is 0 Å². The van der Waals surface area contributed by atoms with Crippen LogP contribution in [0.4, 0.5) is 24.5 Å². The van der Waals surface area contributed by atoms with Gasteiger partial charge in [-0.05, 0) is 24.3 Å². The molecule has 2 rings (SSSR count). The Labute approximate surface area is 112 Å². The minimum absolute atomic E-state index is 0.103. The van der Waals surface area contributed by atoms with E-state index in [0.717, 1.165) is 24.4 Å². The molecule has 0 fully saturated rings. The number of nitrogens with one attached hydrogen (secondary N) is 1. The summed E-state index contributed by atoms with van der Waals surface area (Å²) in [7, 11) is -4.41. The first-order chi connectivity index (χ1) is 9.29. The van der Waals surface area contributed by atoms with Crippen molar-refractivity contribution in [2.24, 2.45) is 0 Å². The average Bonchev–Trinajstić information content (AvgIpc) is 2.36. The molecule has 2 aromatic rings. The topological polar surface area (TPSA) is 85.1 Å². The molecule has 0 amide bonds. The Bertz CT molecular complexity index is 748. The number of sulfonamides is 1. The maximum Gasteiger partial charge on any atom is 0.265 e. The number of benzene rings is 1. The molecular weight excluding hydrogens is 295 g/mol. The number of nitrogens with two attached hydrogens (primary N) is 1. The molecule has 0 unspecified atom stereocenters. The third kappa shape index (κ3) is 2.82. The van der Waals surface area contributed by atoms with Gasteiger partial charge in [0.25, 0.3) is 10.0 Å². The number of anilines is 2. The maximum absolute atomic E-state index is 13.5. The summed E-state index contributed by atoms with van der Waals surface area (Å²) < 4.78 is 65.0. The number of aromatic nitrogens is 1. The van der Waals surface area contributed by atoms with Crippen LogP contribution in [0, 0.1) is 17.6 Å². The van der Waals surface area contributed by atoms with Gasteiger partial charge in [-0.1, -0.05) is 0 Å². The molecule has 20 heavy (non-hydrogen) atoms. The fourth-order valence-corrected chi connectivity index (χ4v) is 2.59. The summed E-state index contributed by atoms with van der Waals surface area (Å²) >= 11 is 0. The number of nitrogens with zero attached hydrogens (tertiary/aromatic N) is 1. The van der Waals surface area contributed by atoms with Gasteiger partial charge in [0, 0.05) is 5.69 Å². The third-order valence-corrected chi connectivity index (χ3v) is 3.67. The highest BCUT2D eigenvalue weighted by Gasteiger charge is 2.23. The molecule has 3 N–H and O–H groups in total. The lowest BCUT2D eigenvalue weighted by Gasteiger charge is -2.09. The van der Waals surface area contributed by atoms with Crippen molar-refractivity contribution in [2.75, 3.05) is 10.5 Å². The molecule has 0 bridgehead atoms. The zero-order valence-electron chi connectivity index (χ0n) is 9.77. The van der Waals surface area contributed by atoms with E-state index in [2.05, 4.69) is 4.98 Å². The van der Waals surface area contributed by atoms with Crippen LogP contribution in [-0.2, 0) is 10.0 Å². The minimum atomic E-state index is -4.41. The number of halogens is 3. The molecular formula is C11H8F3N3O2S. The SMILES string of the molecule is Nc1cc(F)c(F)c(S(=O)(=O)Nc2ccc(F)nc2)c1. The highest BCUT2D eigenvalue weighted by Crippen LogP contribution is 2.23. The first-order valence-corrected chi connectivity index (χ1v) is 6.67. The van der Waals surface area contributed by atoms with Crippen LogP contribution in [0.2, 0.25) is 0 Å². The normalized spacial score (nSPS) is 11.3. The monoisotopic (exact) mass is 303 g/mol. The average molecular weight is 303 g/mol. The standard InChI is InChI=1S/C11H8F3N3O2S/c12-8-3-6(15)4-9(11(8)14)20(18,19)17-7-1-2-10(13)16-5-7/h1-5,17H,15H2. The van der Waals surface area contributed by atoms with Gasteiger partial charge in [0.2, 0.25) is 5.95 Å². The summed E-state index contributed by atoms with van der Waals surface area (Å²) in [4.78, 5) is 2.28. The summed E-state index contributed by atoms with van der Waals surface area (Å²) in [6, 6.07) is 3.43. The fourth-order valence-electron chi connectivity index (χ4n) is 1.43. The Morgan fingerprint density at radius 1 is 1.15 bits per heavy atom. The van der Waals surface area contributed by atoms with Crippen molar-refractivity contribution in [3.63, 3.8) is 0 Å². The Kier molecular flexibility index (Phi) is 3.53. The zero-order valence-corrected chi connectivity index (χ0v) is 10.6. The van der Waals surface area contributed by atoms with Crippen molar-refractivity contribution >= 4 is 21.4 Å². The number of nitrogen functional groups attached to an aromatic ring is 1. The first-order valence-electron chi connectivity index (χ1n) is 5.18. The third-order valence-electron chi connectivity index (χ3n) is 2.29. The van der Waals surface area contributed by atoms with Gasteiger partial charge < -0.3 is 5.73 Å². The highest BCUT2D eigenvalue weighted by molar-refractivity contribution is 7.92. The zero-order chi connectivity index (χ0) is 14.9. The molecule has 0 aliphatic heterocycles. The van der Waals surface area contributed by atoms with E-state index >= 15 is 0 Å². The smallest absolute Gasteiger partial charge is 0.265 e. The van der Waals surface area contributed by atoms with Gasteiger partial charge in [-0.25, -0.2) is 22.2 Å². The lowest BCUT2D eigenvalue weighted by molar-refractivity contribution is 0.486. The van der Waals surface area contributed by atoms with Crippen molar-refractivity contribution in [3.8, 4) is 0 Å². The molecule has 0 aliphatic carbocycles. The Morgan fingerprint density at radius 2 is 1.85 bits per heavy atom. The summed E-state index contributed by atoms with van der Waals surface area (Å²) in [6.07, 6.45) is 0.896. The van der Waals surface area contributed by atoms with Crippen LogP contribution < -0.4 is 10.5 Å². The van der Waals surface area contributed by atoms with Crippen molar-refractivity contribution in [1.82, 2.24) is 4.98 Å². The van der Waals surface area contributed by atoms with Crippen molar-refractivity contribution in [1.29, 1.82) is 0 Å². The van der Waals surface area contributed by atoms with E-state index in [1.54, 1.807) is 0 Å². The fraction of sp³-hybridized carbons (Fsp3) is 0. The molecule has 0 atom stereocenters. The van der Waals surface area contributed by atoms with Gasteiger partial charge >= 0.3 is 0 Å². The number of pyridine rings is 1.